The average molecular weight is 216 g/mol. The quantitative estimate of drug-likeness (QED) is 0.664. The highest BCUT2D eigenvalue weighted by Gasteiger charge is 2.48. The highest BCUT2D eigenvalue weighted by Crippen LogP contribution is 2.35. The van der Waals surface area contributed by atoms with E-state index in [0.717, 1.165) is 19.3 Å². The molecule has 5 atom stereocenters. The molecule has 1 aliphatic carbocycles. The van der Waals surface area contributed by atoms with Crippen molar-refractivity contribution in [3.8, 4) is 0 Å². The molecule has 2 fully saturated rings. The van der Waals surface area contributed by atoms with Gasteiger partial charge < -0.3 is 19.7 Å². The lowest BCUT2D eigenvalue weighted by Crippen LogP contribution is -2.51. The Morgan fingerprint density at radius 1 is 1.33 bits per heavy atom. The molecular weight excluding hydrogens is 196 g/mol. The Labute approximate surface area is 90.2 Å². The minimum absolute atomic E-state index is 0.134. The summed E-state index contributed by atoms with van der Waals surface area (Å²) < 4.78 is 11.0. The normalized spacial score (nSPS) is 44.6. The zero-order chi connectivity index (χ0) is 10.8. The number of hydrogen-bond donors (Lipinski definition) is 2. The van der Waals surface area contributed by atoms with Crippen LogP contribution in [0, 0.1) is 5.92 Å². The standard InChI is InChI=1S/C11H20O4/c1-2-3-4-14-11-9(12)7-5-8(10(11)13)15-6-7/h7-13H,2-6H2,1H3/t7?,8-,9-,10-,11?/m1/s1. The number of rotatable bonds is 4. The molecule has 0 aromatic carbocycles. The first kappa shape index (κ1) is 11.3. The number of fused-ring (bicyclic) bond motifs is 2. The minimum Gasteiger partial charge on any atom is -0.390 e. The summed E-state index contributed by atoms with van der Waals surface area (Å²) in [5.74, 6) is 0.144. The third kappa shape index (κ3) is 2.18. The van der Waals surface area contributed by atoms with Crippen LogP contribution in [0.25, 0.3) is 0 Å². The molecule has 0 aromatic rings. The van der Waals surface area contributed by atoms with E-state index in [-0.39, 0.29) is 12.0 Å². The second-order valence-corrected chi connectivity index (χ2v) is 4.54. The van der Waals surface area contributed by atoms with Gasteiger partial charge in [0.15, 0.2) is 0 Å². The molecule has 1 saturated carbocycles. The molecule has 0 aromatic heterocycles. The van der Waals surface area contributed by atoms with Crippen LogP contribution < -0.4 is 0 Å². The number of unbranched alkanes of at least 4 members (excludes halogenated alkanes) is 1. The zero-order valence-electron chi connectivity index (χ0n) is 9.13. The predicted molar refractivity (Wildman–Crippen MR) is 54.5 cm³/mol. The van der Waals surface area contributed by atoms with E-state index in [9.17, 15) is 10.2 Å². The topological polar surface area (TPSA) is 58.9 Å². The summed E-state index contributed by atoms with van der Waals surface area (Å²) in [6, 6.07) is 0. The molecule has 2 bridgehead atoms. The van der Waals surface area contributed by atoms with Gasteiger partial charge in [-0.25, -0.2) is 0 Å². The summed E-state index contributed by atoms with van der Waals surface area (Å²) in [6.07, 6.45) is 0.948. The number of aliphatic hydroxyl groups excluding tert-OH is 2. The fourth-order valence-electron chi connectivity index (χ4n) is 2.40. The van der Waals surface area contributed by atoms with Crippen molar-refractivity contribution in [2.45, 2.75) is 50.6 Å². The van der Waals surface area contributed by atoms with E-state index < -0.39 is 18.3 Å². The van der Waals surface area contributed by atoms with Crippen molar-refractivity contribution in [3.05, 3.63) is 0 Å². The Morgan fingerprint density at radius 2 is 2.13 bits per heavy atom. The molecule has 2 aliphatic rings. The molecule has 4 nitrogen and oxygen atoms in total. The van der Waals surface area contributed by atoms with Gasteiger partial charge in [0, 0.05) is 12.5 Å². The summed E-state index contributed by atoms with van der Waals surface area (Å²) >= 11 is 0. The van der Waals surface area contributed by atoms with Gasteiger partial charge in [0.25, 0.3) is 0 Å². The van der Waals surface area contributed by atoms with Crippen molar-refractivity contribution >= 4 is 0 Å². The molecule has 1 saturated heterocycles. The summed E-state index contributed by atoms with van der Waals surface area (Å²) in [7, 11) is 0. The smallest absolute Gasteiger partial charge is 0.112 e. The first-order chi connectivity index (χ1) is 7.24. The molecule has 0 amide bonds. The molecule has 88 valence electrons. The fourth-order valence-corrected chi connectivity index (χ4v) is 2.40. The van der Waals surface area contributed by atoms with E-state index in [1.807, 2.05) is 0 Å². The highest BCUT2D eigenvalue weighted by molar-refractivity contribution is 4.97. The lowest BCUT2D eigenvalue weighted by atomic mass is 9.83. The van der Waals surface area contributed by atoms with Crippen LogP contribution in [0.15, 0.2) is 0 Å². The maximum atomic E-state index is 9.96. The van der Waals surface area contributed by atoms with Crippen LogP contribution in [0.1, 0.15) is 26.2 Å². The van der Waals surface area contributed by atoms with E-state index in [1.165, 1.54) is 0 Å². The Balaban J connectivity index is 1.91. The monoisotopic (exact) mass is 216 g/mol. The van der Waals surface area contributed by atoms with Gasteiger partial charge in [-0.05, 0) is 12.8 Å². The Hall–Kier alpha value is -0.160. The Bertz CT molecular complexity index is 193. The molecule has 2 unspecified atom stereocenters. The second kappa shape index (κ2) is 4.78. The molecule has 0 radical (unpaired) electrons. The van der Waals surface area contributed by atoms with Crippen molar-refractivity contribution in [2.75, 3.05) is 13.2 Å². The van der Waals surface area contributed by atoms with Gasteiger partial charge in [-0.3, -0.25) is 0 Å². The Kier molecular flexibility index (Phi) is 3.61. The van der Waals surface area contributed by atoms with Crippen LogP contribution in [0.2, 0.25) is 0 Å². The van der Waals surface area contributed by atoms with Gasteiger partial charge in [-0.15, -0.1) is 0 Å². The van der Waals surface area contributed by atoms with Gasteiger partial charge in [-0.2, -0.15) is 0 Å². The third-order valence-electron chi connectivity index (χ3n) is 3.40. The maximum absolute atomic E-state index is 9.96. The first-order valence-corrected chi connectivity index (χ1v) is 5.83. The van der Waals surface area contributed by atoms with Crippen LogP contribution in [0.4, 0.5) is 0 Å². The van der Waals surface area contributed by atoms with Crippen molar-refractivity contribution in [3.63, 3.8) is 0 Å². The van der Waals surface area contributed by atoms with E-state index in [2.05, 4.69) is 6.92 Å². The van der Waals surface area contributed by atoms with Crippen LogP contribution in [-0.2, 0) is 9.47 Å². The molecule has 1 aliphatic heterocycles. The number of aliphatic hydroxyl groups is 2. The van der Waals surface area contributed by atoms with Crippen molar-refractivity contribution in [1.82, 2.24) is 0 Å². The molecule has 2 N–H and O–H groups in total. The molecule has 15 heavy (non-hydrogen) atoms. The maximum Gasteiger partial charge on any atom is 0.112 e. The van der Waals surface area contributed by atoms with Crippen molar-refractivity contribution in [2.24, 2.45) is 5.92 Å². The van der Waals surface area contributed by atoms with Crippen LogP contribution in [0.3, 0.4) is 0 Å². The van der Waals surface area contributed by atoms with Crippen LogP contribution >= 0.6 is 0 Å². The van der Waals surface area contributed by atoms with Crippen molar-refractivity contribution < 1.29 is 19.7 Å². The van der Waals surface area contributed by atoms with E-state index in [1.54, 1.807) is 0 Å². The van der Waals surface area contributed by atoms with Crippen LogP contribution in [0.5, 0.6) is 0 Å². The van der Waals surface area contributed by atoms with Crippen molar-refractivity contribution in [1.29, 1.82) is 0 Å². The van der Waals surface area contributed by atoms with Gasteiger partial charge in [0.1, 0.15) is 12.2 Å². The van der Waals surface area contributed by atoms with E-state index >= 15 is 0 Å². The van der Waals surface area contributed by atoms with E-state index in [0.29, 0.717) is 13.2 Å². The number of ether oxygens (including phenoxy) is 2. The van der Waals surface area contributed by atoms with Gasteiger partial charge in [-0.1, -0.05) is 13.3 Å². The lowest BCUT2D eigenvalue weighted by Gasteiger charge is -2.35. The van der Waals surface area contributed by atoms with Gasteiger partial charge in [0.05, 0.1) is 18.8 Å². The molecule has 4 heteroatoms. The predicted octanol–water partition coefficient (Wildman–Crippen LogP) is 0.312. The Morgan fingerprint density at radius 3 is 2.87 bits per heavy atom. The molecule has 0 spiro atoms. The molecular formula is C11H20O4. The SMILES string of the molecule is CCCCOC1[C@H](O)C2CO[C@H](C2)[C@H]1O. The summed E-state index contributed by atoms with van der Waals surface area (Å²) in [6.45, 7) is 3.25. The summed E-state index contributed by atoms with van der Waals surface area (Å²) in [5.41, 5.74) is 0. The van der Waals surface area contributed by atoms with Gasteiger partial charge in [0.2, 0.25) is 0 Å². The highest BCUT2D eigenvalue weighted by atomic mass is 16.5. The summed E-state index contributed by atoms with van der Waals surface area (Å²) in [4.78, 5) is 0. The molecule has 2 rings (SSSR count). The average Bonchev–Trinajstić information content (AvgIpc) is 2.67. The minimum atomic E-state index is -0.671. The van der Waals surface area contributed by atoms with E-state index in [4.69, 9.17) is 9.47 Å². The third-order valence-corrected chi connectivity index (χ3v) is 3.40. The van der Waals surface area contributed by atoms with Gasteiger partial charge >= 0.3 is 0 Å². The first-order valence-electron chi connectivity index (χ1n) is 5.83. The number of hydrogen-bond acceptors (Lipinski definition) is 4. The molecule has 1 heterocycles. The fraction of sp³-hybridized carbons (Fsp3) is 1.00. The largest absolute Gasteiger partial charge is 0.390 e. The van der Waals surface area contributed by atoms with Crippen LogP contribution in [-0.4, -0.2) is 47.8 Å². The zero-order valence-corrected chi connectivity index (χ0v) is 9.13. The summed E-state index contributed by atoms with van der Waals surface area (Å²) in [5, 5.41) is 19.9. The lowest BCUT2D eigenvalue weighted by molar-refractivity contribution is -0.148. The second-order valence-electron chi connectivity index (χ2n) is 4.54.